The molecule has 2 heterocycles. The number of hydrogen-bond acceptors (Lipinski definition) is 15. The van der Waals surface area contributed by atoms with Crippen molar-refractivity contribution in [2.24, 2.45) is 0 Å². The summed E-state index contributed by atoms with van der Waals surface area (Å²) >= 11 is 0. The van der Waals surface area contributed by atoms with Gasteiger partial charge in [-0.1, -0.05) is 30.3 Å². The Labute approximate surface area is 363 Å². The molecule has 0 spiro atoms. The number of aromatic nitrogens is 1. The highest BCUT2D eigenvalue weighted by Gasteiger charge is 2.35. The van der Waals surface area contributed by atoms with Gasteiger partial charge >= 0.3 is 12.3 Å². The fourth-order valence-electron chi connectivity index (χ4n) is 6.15. The van der Waals surface area contributed by atoms with Crippen LogP contribution in [0.15, 0.2) is 53.3 Å². The number of ether oxygens (including phenoxy) is 12. The Kier molecular flexibility index (Phi) is 24.5. The van der Waals surface area contributed by atoms with Crippen molar-refractivity contribution in [3.63, 3.8) is 0 Å². The van der Waals surface area contributed by atoms with Gasteiger partial charge in [0, 0.05) is 23.8 Å². The summed E-state index contributed by atoms with van der Waals surface area (Å²) in [5.74, 6) is -0.948. The van der Waals surface area contributed by atoms with Gasteiger partial charge in [-0.2, -0.15) is 13.2 Å². The predicted octanol–water partition coefficient (Wildman–Crippen LogP) is 4.14. The molecule has 20 heteroatoms. The topological polar surface area (TPSA) is 190 Å². The van der Waals surface area contributed by atoms with Gasteiger partial charge in [-0.3, -0.25) is 9.59 Å². The lowest BCUT2D eigenvalue weighted by Crippen LogP contribution is -2.31. The Morgan fingerprint density at radius 1 is 0.619 bits per heavy atom. The summed E-state index contributed by atoms with van der Waals surface area (Å²) in [4.78, 5) is 40.5. The van der Waals surface area contributed by atoms with Crippen molar-refractivity contribution in [3.05, 3.63) is 70.0 Å². The maximum Gasteiger partial charge on any atom is 0.508 e. The zero-order valence-corrected chi connectivity index (χ0v) is 35.6. The summed E-state index contributed by atoms with van der Waals surface area (Å²) in [6.45, 7) is 8.15. The number of carbonyl (C=O) groups is 2. The zero-order valence-electron chi connectivity index (χ0n) is 35.6. The van der Waals surface area contributed by atoms with E-state index in [1.165, 1.54) is 24.3 Å². The Bertz CT molecular complexity index is 1820. The fourth-order valence-corrected chi connectivity index (χ4v) is 6.15. The molecule has 0 radical (unpaired) electrons. The quantitative estimate of drug-likeness (QED) is 0.0643. The van der Waals surface area contributed by atoms with Crippen molar-refractivity contribution in [2.45, 2.75) is 24.6 Å². The lowest BCUT2D eigenvalue weighted by molar-refractivity contribution is -0.137. The van der Waals surface area contributed by atoms with E-state index in [9.17, 15) is 27.6 Å². The van der Waals surface area contributed by atoms with Crippen LogP contribution in [0.4, 0.5) is 18.0 Å². The molecule has 0 aliphatic carbocycles. The van der Waals surface area contributed by atoms with Crippen LogP contribution in [0, 0.1) is 0 Å². The number of aromatic amines is 1. The molecule has 1 amide bonds. The van der Waals surface area contributed by atoms with Crippen LogP contribution in [0.5, 0.6) is 0 Å². The molecule has 1 unspecified atom stereocenters. The minimum atomic E-state index is -4.60. The monoisotopic (exact) mass is 900 g/mol. The van der Waals surface area contributed by atoms with E-state index in [-0.39, 0.29) is 55.4 Å². The number of carbonyl (C=O) groups excluding carboxylic acids is 2. The Balaban J connectivity index is 0.920. The molecule has 4 rings (SSSR count). The minimum absolute atomic E-state index is 0.0272. The zero-order chi connectivity index (χ0) is 45.0. The van der Waals surface area contributed by atoms with Crippen LogP contribution in [-0.2, 0) is 67.8 Å². The molecule has 1 aliphatic rings. The number of pyridine rings is 1. The largest absolute Gasteiger partial charge is 0.508 e. The number of halogens is 3. The standard InChI is InChI=1S/C43H59F3N2O15/c1-52-8-9-53-10-11-54-12-13-55-14-15-56-16-17-57-18-19-58-20-21-59-22-23-60-24-25-61-26-27-62-42(51)63-31-34-30-37(40(49)47-34)32-6-7-33-29-39(48-41(50)36(33)28-32)35-4-2-3-5-38(35)43(44,45)46/h2-7,28-29,34,37H,8-27,30-31H2,1H3,(H,47,49)(H,48,50)/t34?,37-/m0/s1. The fraction of sp³-hybridized carbons (Fsp3) is 0.605. The molecule has 0 bridgehead atoms. The van der Waals surface area contributed by atoms with Gasteiger partial charge in [-0.15, -0.1) is 0 Å². The molecule has 17 nitrogen and oxygen atoms in total. The Morgan fingerprint density at radius 3 is 1.59 bits per heavy atom. The highest BCUT2D eigenvalue weighted by Crippen LogP contribution is 2.37. The molecule has 352 valence electrons. The van der Waals surface area contributed by atoms with Crippen molar-refractivity contribution in [3.8, 4) is 11.3 Å². The molecule has 63 heavy (non-hydrogen) atoms. The van der Waals surface area contributed by atoms with E-state index in [1.807, 2.05) is 0 Å². The van der Waals surface area contributed by atoms with Crippen molar-refractivity contribution in [1.82, 2.24) is 10.3 Å². The summed E-state index contributed by atoms with van der Waals surface area (Å²) in [6.07, 6.45) is -5.24. The van der Waals surface area contributed by atoms with Gasteiger partial charge in [0.05, 0.1) is 143 Å². The van der Waals surface area contributed by atoms with Crippen LogP contribution in [0.3, 0.4) is 0 Å². The molecule has 2 aromatic carbocycles. The number of methoxy groups -OCH3 is 1. The SMILES string of the molecule is COCCOCCOCCOCCOCCOCCOCCOCCOCCOCCOC(=O)OCC1C[C@@H](c2ccc3cc(-c4ccccc4C(F)(F)F)[nH]c(=O)c3c2)C(=O)N1. The van der Waals surface area contributed by atoms with Crippen molar-refractivity contribution in [2.75, 3.05) is 146 Å². The third kappa shape index (κ3) is 20.0. The first-order valence-corrected chi connectivity index (χ1v) is 20.8. The number of nitrogens with one attached hydrogen (secondary N) is 2. The van der Waals surface area contributed by atoms with Gasteiger partial charge in [0.15, 0.2) is 0 Å². The molecule has 0 saturated carbocycles. The summed E-state index contributed by atoms with van der Waals surface area (Å²) < 4.78 is 105. The van der Waals surface area contributed by atoms with E-state index in [1.54, 1.807) is 25.3 Å². The molecule has 3 aromatic rings. The second kappa shape index (κ2) is 30.0. The predicted molar refractivity (Wildman–Crippen MR) is 221 cm³/mol. The van der Waals surface area contributed by atoms with Gasteiger partial charge in [0.25, 0.3) is 5.56 Å². The maximum absolute atomic E-state index is 13.6. The smallest absolute Gasteiger partial charge is 0.432 e. The molecule has 1 aliphatic heterocycles. The molecule has 2 N–H and O–H groups in total. The number of H-pyrrole nitrogens is 1. The van der Waals surface area contributed by atoms with Gasteiger partial charge in [0.2, 0.25) is 5.91 Å². The third-order valence-electron chi connectivity index (χ3n) is 9.24. The van der Waals surface area contributed by atoms with E-state index in [0.717, 1.165) is 6.07 Å². The maximum atomic E-state index is 13.6. The van der Waals surface area contributed by atoms with E-state index >= 15 is 0 Å². The average Bonchev–Trinajstić information content (AvgIpc) is 3.65. The van der Waals surface area contributed by atoms with Crippen molar-refractivity contribution < 1.29 is 79.6 Å². The van der Waals surface area contributed by atoms with E-state index < -0.39 is 35.4 Å². The molecular weight excluding hydrogens is 841 g/mol. The summed E-state index contributed by atoms with van der Waals surface area (Å²) in [5.41, 5.74) is -1.03. The van der Waals surface area contributed by atoms with Crippen molar-refractivity contribution in [1.29, 1.82) is 0 Å². The molecule has 2 atom stereocenters. The molecule has 1 saturated heterocycles. The van der Waals surface area contributed by atoms with Gasteiger partial charge < -0.3 is 67.1 Å². The first-order valence-electron chi connectivity index (χ1n) is 20.8. The Morgan fingerprint density at radius 2 is 1.10 bits per heavy atom. The molecular formula is C43H59F3N2O15. The average molecular weight is 901 g/mol. The summed E-state index contributed by atoms with van der Waals surface area (Å²) in [6, 6.07) is 10.8. The minimum Gasteiger partial charge on any atom is -0.432 e. The van der Waals surface area contributed by atoms with Crippen molar-refractivity contribution >= 4 is 22.8 Å². The Hall–Kier alpha value is -4.22. The van der Waals surface area contributed by atoms with Crippen LogP contribution in [-0.4, -0.2) is 169 Å². The van der Waals surface area contributed by atoms with Crippen LogP contribution >= 0.6 is 0 Å². The molecule has 1 fully saturated rings. The first-order chi connectivity index (χ1) is 30.7. The van der Waals surface area contributed by atoms with E-state index in [0.29, 0.717) is 123 Å². The highest BCUT2D eigenvalue weighted by molar-refractivity contribution is 5.90. The van der Waals surface area contributed by atoms with Gasteiger partial charge in [-0.05, 0) is 35.6 Å². The van der Waals surface area contributed by atoms with E-state index in [2.05, 4.69) is 10.3 Å². The lowest BCUT2D eigenvalue weighted by atomic mass is 9.93. The highest BCUT2D eigenvalue weighted by atomic mass is 19.4. The van der Waals surface area contributed by atoms with Crippen LogP contribution < -0.4 is 10.9 Å². The van der Waals surface area contributed by atoms with Gasteiger partial charge in [0.1, 0.15) is 13.2 Å². The normalized spacial score (nSPS) is 15.3. The van der Waals surface area contributed by atoms with E-state index in [4.69, 9.17) is 56.8 Å². The number of benzene rings is 2. The van der Waals surface area contributed by atoms with Gasteiger partial charge in [-0.25, -0.2) is 4.79 Å². The summed E-state index contributed by atoms with van der Waals surface area (Å²) in [7, 11) is 1.63. The second-order valence-corrected chi connectivity index (χ2v) is 13.8. The number of alkyl halides is 3. The number of hydrogen-bond donors (Lipinski definition) is 2. The molecule has 1 aromatic heterocycles. The first kappa shape index (κ1) is 51.4. The number of amides is 1. The lowest BCUT2D eigenvalue weighted by Gasteiger charge is -2.14. The van der Waals surface area contributed by atoms with Crippen LogP contribution in [0.2, 0.25) is 0 Å². The number of rotatable bonds is 34. The summed E-state index contributed by atoms with van der Waals surface area (Å²) in [5, 5.41) is 3.42. The second-order valence-electron chi connectivity index (χ2n) is 13.8. The van der Waals surface area contributed by atoms with Crippen LogP contribution in [0.1, 0.15) is 23.5 Å². The number of fused-ring (bicyclic) bond motifs is 1. The van der Waals surface area contributed by atoms with Crippen LogP contribution in [0.25, 0.3) is 22.0 Å². The third-order valence-corrected chi connectivity index (χ3v) is 9.24.